The largest absolute Gasteiger partial charge is 0.496 e. The van der Waals surface area contributed by atoms with Crippen molar-refractivity contribution in [3.63, 3.8) is 0 Å². The molecule has 1 aromatic heterocycles. The summed E-state index contributed by atoms with van der Waals surface area (Å²) in [5, 5.41) is 8.33. The quantitative estimate of drug-likeness (QED) is 0.829. The summed E-state index contributed by atoms with van der Waals surface area (Å²) < 4.78 is 8.98. The maximum absolute atomic E-state index is 5.23. The maximum atomic E-state index is 5.23. The summed E-state index contributed by atoms with van der Waals surface area (Å²) in [4.78, 5) is 2.02. The topological polar surface area (TPSA) is 51.1 Å². The number of ether oxygens (including phenoxy) is 1. The Labute approximate surface area is 104 Å². The van der Waals surface area contributed by atoms with Crippen molar-refractivity contribution in [2.45, 2.75) is 13.5 Å². The highest BCUT2D eigenvalue weighted by atomic mass is 32.1. The average molecular weight is 250 g/mol. The Bertz CT molecular complexity index is 486. The van der Waals surface area contributed by atoms with E-state index in [1.807, 2.05) is 24.9 Å². The molecular formula is C11H14N4OS. The first kappa shape index (κ1) is 11.8. The first-order chi connectivity index (χ1) is 8.20. The van der Waals surface area contributed by atoms with E-state index in [-0.39, 0.29) is 0 Å². The smallest absolute Gasteiger partial charge is 0.227 e. The van der Waals surface area contributed by atoms with E-state index >= 15 is 0 Å². The molecule has 17 heavy (non-hydrogen) atoms. The van der Waals surface area contributed by atoms with Crippen LogP contribution in [0.15, 0.2) is 18.2 Å². The SMILES string of the molecule is COc1ccc(CN(C)c2nnns2)cc1C. The van der Waals surface area contributed by atoms with Crippen molar-refractivity contribution in [2.75, 3.05) is 19.1 Å². The molecule has 0 aliphatic rings. The van der Waals surface area contributed by atoms with Gasteiger partial charge in [0.1, 0.15) is 5.75 Å². The van der Waals surface area contributed by atoms with Crippen molar-refractivity contribution in [3.8, 4) is 5.75 Å². The lowest BCUT2D eigenvalue weighted by molar-refractivity contribution is 0.411. The van der Waals surface area contributed by atoms with E-state index in [9.17, 15) is 0 Å². The Hall–Kier alpha value is -1.69. The van der Waals surface area contributed by atoms with Crippen molar-refractivity contribution < 1.29 is 4.74 Å². The van der Waals surface area contributed by atoms with Gasteiger partial charge in [0.25, 0.3) is 0 Å². The van der Waals surface area contributed by atoms with Gasteiger partial charge >= 0.3 is 0 Å². The Morgan fingerprint density at radius 2 is 2.24 bits per heavy atom. The van der Waals surface area contributed by atoms with Gasteiger partial charge in [-0.2, -0.15) is 0 Å². The lowest BCUT2D eigenvalue weighted by Crippen LogP contribution is -2.16. The third-order valence-corrected chi connectivity index (χ3v) is 3.21. The fourth-order valence-electron chi connectivity index (χ4n) is 1.66. The molecular weight excluding hydrogens is 236 g/mol. The highest BCUT2D eigenvalue weighted by Gasteiger charge is 2.07. The Kier molecular flexibility index (Phi) is 3.53. The van der Waals surface area contributed by atoms with Crippen molar-refractivity contribution in [1.82, 2.24) is 14.8 Å². The Morgan fingerprint density at radius 3 is 2.82 bits per heavy atom. The molecule has 2 rings (SSSR count). The second-order valence-electron chi connectivity index (χ2n) is 3.80. The van der Waals surface area contributed by atoms with Gasteiger partial charge in [-0.1, -0.05) is 21.7 Å². The van der Waals surface area contributed by atoms with Crippen LogP contribution >= 0.6 is 11.5 Å². The number of anilines is 1. The van der Waals surface area contributed by atoms with Crippen molar-refractivity contribution in [3.05, 3.63) is 29.3 Å². The van der Waals surface area contributed by atoms with Crippen LogP contribution < -0.4 is 9.64 Å². The van der Waals surface area contributed by atoms with Crippen LogP contribution in [-0.2, 0) is 6.54 Å². The van der Waals surface area contributed by atoms with Crippen LogP contribution in [0.3, 0.4) is 0 Å². The van der Waals surface area contributed by atoms with E-state index in [1.165, 1.54) is 17.1 Å². The van der Waals surface area contributed by atoms with Gasteiger partial charge in [-0.15, -0.1) is 0 Å². The summed E-state index contributed by atoms with van der Waals surface area (Å²) in [6, 6.07) is 6.15. The minimum Gasteiger partial charge on any atom is -0.496 e. The van der Waals surface area contributed by atoms with Crippen LogP contribution in [-0.4, -0.2) is 29.0 Å². The monoisotopic (exact) mass is 250 g/mol. The normalized spacial score (nSPS) is 10.3. The molecule has 0 amide bonds. The van der Waals surface area contributed by atoms with Crippen molar-refractivity contribution >= 4 is 16.7 Å². The zero-order valence-corrected chi connectivity index (χ0v) is 10.9. The number of aromatic nitrogens is 3. The number of aryl methyl sites for hydroxylation is 1. The lowest BCUT2D eigenvalue weighted by atomic mass is 10.1. The third kappa shape index (κ3) is 2.71. The molecule has 0 saturated heterocycles. The molecule has 1 heterocycles. The molecule has 5 nitrogen and oxygen atoms in total. The summed E-state index contributed by atoms with van der Waals surface area (Å²) in [6.07, 6.45) is 0. The molecule has 0 N–H and O–H groups in total. The van der Waals surface area contributed by atoms with E-state index in [4.69, 9.17) is 4.74 Å². The van der Waals surface area contributed by atoms with Crippen LogP contribution in [0.4, 0.5) is 5.13 Å². The number of nitrogens with zero attached hydrogens (tertiary/aromatic N) is 4. The zero-order chi connectivity index (χ0) is 12.3. The minimum absolute atomic E-state index is 0.779. The summed E-state index contributed by atoms with van der Waals surface area (Å²) >= 11 is 1.29. The van der Waals surface area contributed by atoms with Gasteiger partial charge < -0.3 is 9.64 Å². The number of hydrogen-bond donors (Lipinski definition) is 0. The standard InChI is InChI=1S/C11H14N4OS/c1-8-6-9(4-5-10(8)16-3)7-15(2)11-12-13-14-17-11/h4-6H,7H2,1-3H3. The second kappa shape index (κ2) is 5.09. The number of rotatable bonds is 4. The molecule has 0 unspecified atom stereocenters. The molecule has 6 heteroatoms. The van der Waals surface area contributed by atoms with E-state index in [0.29, 0.717) is 0 Å². The van der Waals surface area contributed by atoms with Crippen LogP contribution in [0.2, 0.25) is 0 Å². The third-order valence-electron chi connectivity index (χ3n) is 2.49. The van der Waals surface area contributed by atoms with E-state index in [2.05, 4.69) is 26.9 Å². The van der Waals surface area contributed by atoms with E-state index < -0.39 is 0 Å². The van der Waals surface area contributed by atoms with Crippen LogP contribution in [0.5, 0.6) is 5.75 Å². The molecule has 1 aromatic carbocycles. The molecule has 2 aromatic rings. The second-order valence-corrected chi connectivity index (χ2v) is 4.52. The molecule has 0 atom stereocenters. The van der Waals surface area contributed by atoms with E-state index in [0.717, 1.165) is 23.0 Å². The average Bonchev–Trinajstić information content (AvgIpc) is 2.82. The fourth-order valence-corrected chi connectivity index (χ4v) is 2.08. The van der Waals surface area contributed by atoms with Gasteiger partial charge in [0.2, 0.25) is 5.13 Å². The number of methoxy groups -OCH3 is 1. The first-order valence-corrected chi connectivity index (χ1v) is 5.97. The predicted octanol–water partition coefficient (Wildman–Crippen LogP) is 1.89. The van der Waals surface area contributed by atoms with Gasteiger partial charge in [-0.25, -0.2) is 0 Å². The van der Waals surface area contributed by atoms with Gasteiger partial charge in [0.15, 0.2) is 0 Å². The summed E-state index contributed by atoms with van der Waals surface area (Å²) in [7, 11) is 3.66. The van der Waals surface area contributed by atoms with Gasteiger partial charge in [-0.05, 0) is 29.3 Å². The van der Waals surface area contributed by atoms with Crippen LogP contribution in [0.25, 0.3) is 0 Å². The highest BCUT2D eigenvalue weighted by molar-refractivity contribution is 7.09. The Morgan fingerprint density at radius 1 is 1.41 bits per heavy atom. The van der Waals surface area contributed by atoms with Crippen molar-refractivity contribution in [1.29, 1.82) is 0 Å². The molecule has 0 aliphatic carbocycles. The summed E-state index contributed by atoms with van der Waals surface area (Å²) in [5.74, 6) is 0.911. The first-order valence-electron chi connectivity index (χ1n) is 5.20. The predicted molar refractivity (Wildman–Crippen MR) is 67.5 cm³/mol. The summed E-state index contributed by atoms with van der Waals surface area (Å²) in [5.41, 5.74) is 2.34. The van der Waals surface area contributed by atoms with Gasteiger partial charge in [0.05, 0.1) is 7.11 Å². The van der Waals surface area contributed by atoms with Gasteiger partial charge in [-0.3, -0.25) is 0 Å². The summed E-state index contributed by atoms with van der Waals surface area (Å²) in [6.45, 7) is 2.82. The molecule has 0 saturated carbocycles. The molecule has 90 valence electrons. The highest BCUT2D eigenvalue weighted by Crippen LogP contribution is 2.21. The van der Waals surface area contributed by atoms with Gasteiger partial charge in [0, 0.05) is 25.1 Å². The number of benzene rings is 1. The number of hydrogen-bond acceptors (Lipinski definition) is 6. The molecule has 0 fully saturated rings. The maximum Gasteiger partial charge on any atom is 0.227 e. The van der Waals surface area contributed by atoms with Crippen LogP contribution in [0.1, 0.15) is 11.1 Å². The molecule has 0 radical (unpaired) electrons. The van der Waals surface area contributed by atoms with Crippen molar-refractivity contribution in [2.24, 2.45) is 0 Å². The fraction of sp³-hybridized carbons (Fsp3) is 0.364. The minimum atomic E-state index is 0.779. The Balaban J connectivity index is 2.11. The van der Waals surface area contributed by atoms with Crippen LogP contribution in [0, 0.1) is 6.92 Å². The lowest BCUT2D eigenvalue weighted by Gasteiger charge is -2.15. The molecule has 0 aliphatic heterocycles. The molecule has 0 spiro atoms. The zero-order valence-electron chi connectivity index (χ0n) is 10.0. The van der Waals surface area contributed by atoms with E-state index in [1.54, 1.807) is 7.11 Å². The molecule has 0 bridgehead atoms.